The quantitative estimate of drug-likeness (QED) is 0.225. The van der Waals surface area contributed by atoms with Crippen LogP contribution in [0.4, 0.5) is 5.69 Å². The molecule has 0 bridgehead atoms. The summed E-state index contributed by atoms with van der Waals surface area (Å²) in [6, 6.07) is 15.2. The molecule has 0 saturated heterocycles. The molecular formula is C31H36Cl3N3O4S. The minimum absolute atomic E-state index is 0.0162. The summed E-state index contributed by atoms with van der Waals surface area (Å²) >= 11 is 19.2. The summed E-state index contributed by atoms with van der Waals surface area (Å²) < 4.78 is 29.2. The van der Waals surface area contributed by atoms with E-state index >= 15 is 0 Å². The van der Waals surface area contributed by atoms with E-state index in [9.17, 15) is 18.0 Å². The number of benzene rings is 3. The Hall–Kier alpha value is -2.78. The molecule has 0 unspecified atom stereocenters. The van der Waals surface area contributed by atoms with Gasteiger partial charge in [0.25, 0.3) is 10.0 Å². The second-order valence-electron chi connectivity index (χ2n) is 10.2. The van der Waals surface area contributed by atoms with Crippen molar-refractivity contribution < 1.29 is 18.0 Å². The van der Waals surface area contributed by atoms with Gasteiger partial charge >= 0.3 is 0 Å². The third-order valence-corrected chi connectivity index (χ3v) is 9.82. The molecule has 0 aliphatic rings. The van der Waals surface area contributed by atoms with Crippen LogP contribution in [-0.4, -0.2) is 43.8 Å². The van der Waals surface area contributed by atoms with Gasteiger partial charge in [-0.2, -0.15) is 0 Å². The van der Waals surface area contributed by atoms with Crippen molar-refractivity contribution in [1.29, 1.82) is 0 Å². The maximum atomic E-state index is 14.3. The van der Waals surface area contributed by atoms with Gasteiger partial charge in [0.1, 0.15) is 12.6 Å². The Kier molecular flexibility index (Phi) is 11.7. The van der Waals surface area contributed by atoms with Crippen LogP contribution in [0, 0.1) is 13.8 Å². The third-order valence-electron chi connectivity index (χ3n) is 7.10. The second-order valence-corrected chi connectivity index (χ2v) is 13.3. The van der Waals surface area contributed by atoms with Crippen molar-refractivity contribution in [3.63, 3.8) is 0 Å². The van der Waals surface area contributed by atoms with Crippen LogP contribution in [0.25, 0.3) is 0 Å². The highest BCUT2D eigenvalue weighted by molar-refractivity contribution is 7.92. The van der Waals surface area contributed by atoms with E-state index in [1.807, 2.05) is 20.8 Å². The second kappa shape index (κ2) is 14.6. The van der Waals surface area contributed by atoms with Crippen LogP contribution >= 0.6 is 34.8 Å². The lowest BCUT2D eigenvalue weighted by Crippen LogP contribution is -2.53. The van der Waals surface area contributed by atoms with Gasteiger partial charge in [-0.1, -0.05) is 78.5 Å². The average Bonchev–Trinajstić information content (AvgIpc) is 2.94. The van der Waals surface area contributed by atoms with Gasteiger partial charge in [-0.25, -0.2) is 8.42 Å². The zero-order valence-corrected chi connectivity index (χ0v) is 27.4. The molecule has 3 aromatic carbocycles. The number of carbonyl (C=O) groups is 2. The van der Waals surface area contributed by atoms with Crippen LogP contribution in [-0.2, 0) is 26.2 Å². The van der Waals surface area contributed by atoms with Gasteiger partial charge in [0, 0.05) is 33.2 Å². The zero-order valence-electron chi connectivity index (χ0n) is 24.3. The van der Waals surface area contributed by atoms with Crippen LogP contribution < -0.4 is 9.62 Å². The number of anilines is 1. The van der Waals surface area contributed by atoms with Crippen LogP contribution in [0.2, 0.25) is 15.1 Å². The topological polar surface area (TPSA) is 86.8 Å². The van der Waals surface area contributed by atoms with Crippen LogP contribution in [0.5, 0.6) is 0 Å². The number of carbonyl (C=O) groups excluding carboxylic acids is 2. The first-order chi connectivity index (χ1) is 19.8. The van der Waals surface area contributed by atoms with Gasteiger partial charge in [0.2, 0.25) is 11.8 Å². The number of amides is 2. The molecule has 2 atom stereocenters. The molecule has 3 rings (SSSR count). The van der Waals surface area contributed by atoms with Gasteiger partial charge in [0.05, 0.1) is 10.6 Å². The molecule has 1 N–H and O–H groups in total. The van der Waals surface area contributed by atoms with Crippen molar-refractivity contribution in [1.82, 2.24) is 10.2 Å². The van der Waals surface area contributed by atoms with Crippen molar-refractivity contribution in [2.24, 2.45) is 0 Å². The Balaban J connectivity index is 2.14. The summed E-state index contributed by atoms with van der Waals surface area (Å²) in [6.07, 6.45) is 0.972. The molecule has 2 amide bonds. The fourth-order valence-corrected chi connectivity index (χ4v) is 6.57. The smallest absolute Gasteiger partial charge is 0.264 e. The largest absolute Gasteiger partial charge is 0.352 e. The van der Waals surface area contributed by atoms with E-state index in [4.69, 9.17) is 34.8 Å². The first-order valence-corrected chi connectivity index (χ1v) is 16.3. The van der Waals surface area contributed by atoms with Crippen molar-refractivity contribution >= 4 is 62.3 Å². The third kappa shape index (κ3) is 7.98. The molecule has 7 nitrogen and oxygen atoms in total. The Morgan fingerprint density at radius 1 is 0.905 bits per heavy atom. The highest BCUT2D eigenvalue weighted by Gasteiger charge is 2.35. The van der Waals surface area contributed by atoms with E-state index in [1.54, 1.807) is 56.3 Å². The summed E-state index contributed by atoms with van der Waals surface area (Å²) in [4.78, 5) is 29.1. The molecule has 11 heteroatoms. The predicted molar refractivity (Wildman–Crippen MR) is 171 cm³/mol. The Morgan fingerprint density at radius 3 is 2.10 bits per heavy atom. The molecule has 0 saturated carbocycles. The minimum atomic E-state index is -4.23. The van der Waals surface area contributed by atoms with Crippen LogP contribution in [0.3, 0.4) is 0 Å². The minimum Gasteiger partial charge on any atom is -0.352 e. The summed E-state index contributed by atoms with van der Waals surface area (Å²) in [7, 11) is -4.23. The van der Waals surface area contributed by atoms with Crippen molar-refractivity contribution in [3.8, 4) is 0 Å². The fraction of sp³-hybridized carbons (Fsp3) is 0.355. The maximum Gasteiger partial charge on any atom is 0.264 e. The lowest BCUT2D eigenvalue weighted by molar-refractivity contribution is -0.140. The van der Waals surface area contributed by atoms with Crippen LogP contribution in [0.15, 0.2) is 65.6 Å². The van der Waals surface area contributed by atoms with E-state index < -0.39 is 28.5 Å². The van der Waals surface area contributed by atoms with Crippen molar-refractivity contribution in [3.05, 3.63) is 92.4 Å². The Labute approximate surface area is 263 Å². The molecule has 226 valence electrons. The standard InChI is InChI=1S/C31H36Cl3N3O4S/c1-6-22(5)35-31(39)28(7-2)36(18-25-26(33)9-8-10-27(25)34)30(38)19-37(29-17-23(32)14-13-21(29)4)42(40,41)24-15-11-20(3)12-16-24/h8-17,22,28H,6-7,18-19H2,1-5H3,(H,35,39)/t22-,28-/m1/s1. The first kappa shape index (κ1) is 33.7. The molecule has 3 aromatic rings. The summed E-state index contributed by atoms with van der Waals surface area (Å²) in [5.41, 5.74) is 2.20. The molecule has 42 heavy (non-hydrogen) atoms. The SMILES string of the molecule is CC[C@@H](C)NC(=O)[C@@H](CC)N(Cc1c(Cl)cccc1Cl)C(=O)CN(c1cc(Cl)ccc1C)S(=O)(=O)c1ccc(C)cc1. The fourth-order valence-electron chi connectivity index (χ4n) is 4.42. The number of hydrogen-bond donors (Lipinski definition) is 1. The molecule has 0 fully saturated rings. The summed E-state index contributed by atoms with van der Waals surface area (Å²) in [6.45, 7) is 8.51. The van der Waals surface area contributed by atoms with Gasteiger partial charge in [-0.3, -0.25) is 13.9 Å². The van der Waals surface area contributed by atoms with Gasteiger partial charge in [0.15, 0.2) is 0 Å². The van der Waals surface area contributed by atoms with Crippen LogP contribution in [0.1, 0.15) is 50.3 Å². The molecule has 0 aliphatic heterocycles. The summed E-state index contributed by atoms with van der Waals surface area (Å²) in [5.74, 6) is -0.956. The highest BCUT2D eigenvalue weighted by Crippen LogP contribution is 2.31. The Bertz CT molecular complexity index is 1510. The van der Waals surface area contributed by atoms with E-state index in [-0.39, 0.29) is 35.5 Å². The number of halogens is 3. The Morgan fingerprint density at radius 2 is 1.52 bits per heavy atom. The van der Waals surface area contributed by atoms with E-state index in [2.05, 4.69) is 5.32 Å². The lowest BCUT2D eigenvalue weighted by Gasteiger charge is -2.34. The van der Waals surface area contributed by atoms with E-state index in [1.165, 1.54) is 23.1 Å². The zero-order chi connectivity index (χ0) is 31.2. The monoisotopic (exact) mass is 651 g/mol. The lowest BCUT2D eigenvalue weighted by atomic mass is 10.1. The highest BCUT2D eigenvalue weighted by atomic mass is 35.5. The number of nitrogens with zero attached hydrogens (tertiary/aromatic N) is 2. The van der Waals surface area contributed by atoms with Gasteiger partial charge in [-0.05, 0) is 75.6 Å². The van der Waals surface area contributed by atoms with Crippen molar-refractivity contribution in [2.75, 3.05) is 10.8 Å². The molecule has 0 aliphatic carbocycles. The number of hydrogen-bond acceptors (Lipinski definition) is 4. The average molecular weight is 653 g/mol. The van der Waals surface area contributed by atoms with E-state index in [0.717, 1.165) is 9.87 Å². The maximum absolute atomic E-state index is 14.3. The molecule has 0 heterocycles. The summed E-state index contributed by atoms with van der Waals surface area (Å²) in [5, 5.41) is 3.91. The number of aryl methyl sites for hydroxylation is 2. The normalized spacial score (nSPS) is 12.9. The molecule has 0 spiro atoms. The molecule has 0 radical (unpaired) electrons. The number of rotatable bonds is 12. The van der Waals surface area contributed by atoms with Gasteiger partial charge < -0.3 is 10.2 Å². The number of nitrogens with one attached hydrogen (secondary N) is 1. The van der Waals surface area contributed by atoms with Crippen molar-refractivity contribution in [2.45, 2.75) is 71.0 Å². The first-order valence-electron chi connectivity index (χ1n) is 13.7. The molecular weight excluding hydrogens is 617 g/mol. The molecule has 0 aromatic heterocycles. The van der Waals surface area contributed by atoms with E-state index in [0.29, 0.717) is 32.6 Å². The van der Waals surface area contributed by atoms with Gasteiger partial charge in [-0.15, -0.1) is 0 Å². The predicted octanol–water partition coefficient (Wildman–Crippen LogP) is 7.18. The number of sulfonamides is 1.